The number of aromatic nitrogens is 2. The number of nitrogens with one attached hydrogen (secondary N) is 1. The van der Waals surface area contributed by atoms with Gasteiger partial charge in [0.25, 0.3) is 0 Å². The monoisotopic (exact) mass is 300 g/mol. The fraction of sp³-hybridized carbons (Fsp3) is 0. The zero-order chi connectivity index (χ0) is 11.5. The molecule has 0 radical (unpaired) electrons. The third kappa shape index (κ3) is 2.29. The number of fused-ring (bicyclic) bond motifs is 1. The molecule has 82 valence electrons. The molecule has 0 bridgehead atoms. The summed E-state index contributed by atoms with van der Waals surface area (Å²) in [5.41, 5.74) is 2.50. The van der Waals surface area contributed by atoms with Gasteiger partial charge in [0.2, 0.25) is 0 Å². The number of hydroxylamine groups is 1. The van der Waals surface area contributed by atoms with Crippen molar-refractivity contribution in [3.05, 3.63) is 28.0 Å². The van der Waals surface area contributed by atoms with Crippen LogP contribution >= 0.6 is 27.5 Å². The van der Waals surface area contributed by atoms with E-state index in [1.54, 1.807) is 12.3 Å². The van der Waals surface area contributed by atoms with Gasteiger partial charge in [-0.2, -0.15) is 0 Å². The van der Waals surface area contributed by atoms with Gasteiger partial charge in [0.05, 0.1) is 9.99 Å². The van der Waals surface area contributed by atoms with Gasteiger partial charge in [-0.3, -0.25) is 10.7 Å². The Labute approximate surface area is 104 Å². The molecule has 0 aliphatic rings. The maximum atomic E-state index is 8.40. The van der Waals surface area contributed by atoms with Crippen molar-refractivity contribution in [1.29, 1.82) is 0 Å². The van der Waals surface area contributed by atoms with Crippen LogP contribution in [0.3, 0.4) is 0 Å². The van der Waals surface area contributed by atoms with Crippen LogP contribution in [0.5, 0.6) is 0 Å². The van der Waals surface area contributed by atoms with E-state index >= 15 is 0 Å². The van der Waals surface area contributed by atoms with E-state index in [2.05, 4.69) is 30.9 Å². The Morgan fingerprint density at radius 1 is 1.50 bits per heavy atom. The van der Waals surface area contributed by atoms with Gasteiger partial charge in [-0.1, -0.05) is 11.6 Å². The lowest BCUT2D eigenvalue weighted by atomic mass is 10.3. The van der Waals surface area contributed by atoms with Gasteiger partial charge >= 0.3 is 0 Å². The topological polar surface area (TPSA) is 70.4 Å². The van der Waals surface area contributed by atoms with Crippen molar-refractivity contribution in [3.63, 3.8) is 0 Å². The van der Waals surface area contributed by atoms with Crippen molar-refractivity contribution in [2.45, 2.75) is 0 Å². The van der Waals surface area contributed by atoms with Crippen LogP contribution < -0.4 is 5.48 Å². The summed E-state index contributed by atoms with van der Waals surface area (Å²) in [5.74, 6) is 0.441. The van der Waals surface area contributed by atoms with Gasteiger partial charge in [-0.15, -0.1) is 0 Å². The normalized spacial score (nSPS) is 11.2. The van der Waals surface area contributed by atoms with E-state index in [-0.39, 0.29) is 0 Å². The SMILES string of the molecule is ON/C=N/c1nc2cc(Cl)ncc2cc1Br. The average molecular weight is 302 g/mol. The fourth-order valence-electron chi connectivity index (χ4n) is 1.19. The predicted octanol–water partition coefficient (Wildman–Crippen LogP) is 2.68. The van der Waals surface area contributed by atoms with Crippen LogP contribution in [0.2, 0.25) is 5.15 Å². The molecule has 0 aromatic carbocycles. The number of halogens is 2. The number of rotatable bonds is 2. The molecule has 0 unspecified atom stereocenters. The van der Waals surface area contributed by atoms with Crippen molar-refractivity contribution < 1.29 is 5.21 Å². The second kappa shape index (κ2) is 4.73. The third-order valence-corrected chi connectivity index (χ3v) is 2.64. The zero-order valence-corrected chi connectivity index (χ0v) is 10.2. The molecule has 5 nitrogen and oxygen atoms in total. The van der Waals surface area contributed by atoms with Crippen molar-refractivity contribution >= 4 is 50.6 Å². The standard InChI is InChI=1S/C9H6BrClN4O/c10-6-1-5-3-12-8(11)2-7(5)15-9(6)13-4-14-16/h1-4,16H,(H,13,14,15). The van der Waals surface area contributed by atoms with E-state index in [9.17, 15) is 0 Å². The Kier molecular flexibility index (Phi) is 3.33. The van der Waals surface area contributed by atoms with Crippen molar-refractivity contribution in [3.8, 4) is 0 Å². The molecule has 2 N–H and O–H groups in total. The Balaban J connectivity index is 2.59. The summed E-state index contributed by atoms with van der Waals surface area (Å²) in [4.78, 5) is 12.1. The molecule has 2 heterocycles. The second-order valence-corrected chi connectivity index (χ2v) is 4.12. The van der Waals surface area contributed by atoms with E-state index in [0.717, 1.165) is 11.7 Å². The first kappa shape index (κ1) is 11.3. The predicted molar refractivity (Wildman–Crippen MR) is 65.3 cm³/mol. The highest BCUT2D eigenvalue weighted by Crippen LogP contribution is 2.27. The molecule has 2 aromatic rings. The Morgan fingerprint density at radius 2 is 2.31 bits per heavy atom. The molecule has 0 saturated heterocycles. The van der Waals surface area contributed by atoms with E-state index in [1.165, 1.54) is 0 Å². The minimum absolute atomic E-state index is 0.373. The smallest absolute Gasteiger partial charge is 0.168 e. The van der Waals surface area contributed by atoms with Crippen molar-refractivity contribution in [2.75, 3.05) is 0 Å². The summed E-state index contributed by atoms with van der Waals surface area (Å²) in [6.45, 7) is 0. The van der Waals surface area contributed by atoms with E-state index in [4.69, 9.17) is 16.8 Å². The van der Waals surface area contributed by atoms with Gasteiger partial charge in [-0.05, 0) is 22.0 Å². The number of nitrogens with zero attached hydrogens (tertiary/aromatic N) is 3. The molecule has 0 atom stereocenters. The van der Waals surface area contributed by atoms with E-state index in [0.29, 0.717) is 21.0 Å². The van der Waals surface area contributed by atoms with E-state index in [1.807, 2.05) is 11.5 Å². The van der Waals surface area contributed by atoms with Gasteiger partial charge in [0.15, 0.2) is 5.82 Å². The maximum absolute atomic E-state index is 8.40. The summed E-state index contributed by atoms with van der Waals surface area (Å²) in [5, 5.41) is 9.63. The van der Waals surface area contributed by atoms with Crippen LogP contribution in [0.4, 0.5) is 5.82 Å². The number of pyridine rings is 2. The van der Waals surface area contributed by atoms with Crippen LogP contribution in [0.25, 0.3) is 10.9 Å². The van der Waals surface area contributed by atoms with Crippen LogP contribution in [0.15, 0.2) is 27.8 Å². The maximum Gasteiger partial charge on any atom is 0.168 e. The first-order valence-corrected chi connectivity index (χ1v) is 5.42. The molecule has 0 aliphatic carbocycles. The Hall–Kier alpha value is -1.24. The molecule has 0 aliphatic heterocycles. The molecule has 0 saturated carbocycles. The molecular weight excluding hydrogens is 295 g/mol. The van der Waals surface area contributed by atoms with Crippen molar-refractivity contribution in [1.82, 2.24) is 15.4 Å². The van der Waals surface area contributed by atoms with Crippen molar-refractivity contribution in [2.24, 2.45) is 4.99 Å². The summed E-state index contributed by atoms with van der Waals surface area (Å²) < 4.78 is 0.704. The molecular formula is C9H6BrClN4O. The molecule has 2 aromatic heterocycles. The molecule has 0 amide bonds. The van der Waals surface area contributed by atoms with Gasteiger partial charge < -0.3 is 0 Å². The lowest BCUT2D eigenvalue weighted by Crippen LogP contribution is -2.01. The van der Waals surface area contributed by atoms with Gasteiger partial charge in [0, 0.05) is 17.6 Å². The number of aliphatic imine (C=N–C) groups is 1. The van der Waals surface area contributed by atoms with Crippen LogP contribution in [-0.4, -0.2) is 21.5 Å². The van der Waals surface area contributed by atoms with Crippen LogP contribution in [0, 0.1) is 0 Å². The summed E-state index contributed by atoms with van der Waals surface area (Å²) in [7, 11) is 0. The van der Waals surface area contributed by atoms with Gasteiger partial charge in [0.1, 0.15) is 11.5 Å². The molecule has 2 rings (SSSR count). The Morgan fingerprint density at radius 3 is 3.06 bits per heavy atom. The summed E-state index contributed by atoms with van der Waals surface area (Å²) in [6.07, 6.45) is 2.76. The first-order valence-electron chi connectivity index (χ1n) is 4.24. The highest BCUT2D eigenvalue weighted by molar-refractivity contribution is 9.10. The molecule has 0 spiro atoms. The summed E-state index contributed by atoms with van der Waals surface area (Å²) in [6, 6.07) is 3.48. The van der Waals surface area contributed by atoms with Crippen LogP contribution in [0.1, 0.15) is 0 Å². The fourth-order valence-corrected chi connectivity index (χ4v) is 1.78. The number of hydrogen-bond acceptors (Lipinski definition) is 4. The zero-order valence-electron chi connectivity index (χ0n) is 7.85. The highest BCUT2D eigenvalue weighted by atomic mass is 79.9. The lowest BCUT2D eigenvalue weighted by Gasteiger charge is -2.01. The number of hydrogen-bond donors (Lipinski definition) is 2. The largest absolute Gasteiger partial charge is 0.290 e. The highest BCUT2D eigenvalue weighted by Gasteiger charge is 2.04. The van der Waals surface area contributed by atoms with Gasteiger partial charge in [-0.25, -0.2) is 15.0 Å². The summed E-state index contributed by atoms with van der Waals surface area (Å²) >= 11 is 9.08. The lowest BCUT2D eigenvalue weighted by molar-refractivity contribution is 0.240. The molecule has 16 heavy (non-hydrogen) atoms. The average Bonchev–Trinajstić information content (AvgIpc) is 2.27. The minimum Gasteiger partial charge on any atom is -0.290 e. The minimum atomic E-state index is 0.373. The molecule has 7 heteroatoms. The van der Waals surface area contributed by atoms with E-state index < -0.39 is 0 Å². The molecule has 0 fully saturated rings. The van der Waals surface area contributed by atoms with Crippen LogP contribution in [-0.2, 0) is 0 Å². The Bertz CT molecular complexity index is 560. The first-order chi connectivity index (χ1) is 7.70. The second-order valence-electron chi connectivity index (χ2n) is 2.88. The quantitative estimate of drug-likeness (QED) is 0.387. The third-order valence-electron chi connectivity index (χ3n) is 1.85.